The minimum atomic E-state index is 0.197. The maximum atomic E-state index is 12.3. The minimum absolute atomic E-state index is 0.197. The molecule has 4 rings (SSSR count). The van der Waals surface area contributed by atoms with Crippen LogP contribution >= 0.6 is 0 Å². The lowest BCUT2D eigenvalue weighted by molar-refractivity contribution is -0.123. The first-order valence-corrected chi connectivity index (χ1v) is 9.59. The van der Waals surface area contributed by atoms with Crippen LogP contribution in [0.5, 0.6) is 0 Å². The normalized spacial score (nSPS) is 19.8. The molecule has 1 amide bonds. The summed E-state index contributed by atoms with van der Waals surface area (Å²) in [5.41, 5.74) is 0.966. The van der Waals surface area contributed by atoms with Crippen molar-refractivity contribution in [3.05, 3.63) is 18.6 Å². The highest BCUT2D eigenvalue weighted by atomic mass is 16.5. The molecular formula is C19H27N5O2. The van der Waals surface area contributed by atoms with E-state index in [2.05, 4.69) is 26.3 Å². The van der Waals surface area contributed by atoms with Gasteiger partial charge in [-0.05, 0) is 37.7 Å². The molecule has 7 nitrogen and oxygen atoms in total. The second kappa shape index (κ2) is 7.61. The second-order valence-electron chi connectivity index (χ2n) is 7.45. The number of hydrogen-bond donors (Lipinski definition) is 1. The highest BCUT2D eigenvalue weighted by Crippen LogP contribution is 2.28. The number of aromatic nitrogens is 3. The van der Waals surface area contributed by atoms with E-state index in [-0.39, 0.29) is 5.91 Å². The third kappa shape index (κ3) is 3.67. The summed E-state index contributed by atoms with van der Waals surface area (Å²) in [5, 5.41) is 4.28. The largest absolute Gasteiger partial charge is 0.381 e. The van der Waals surface area contributed by atoms with Crippen LogP contribution in [-0.2, 0) is 16.6 Å². The molecule has 0 radical (unpaired) electrons. The molecule has 0 aliphatic carbocycles. The number of rotatable bonds is 4. The Hall–Kier alpha value is -2.15. The number of piperidine rings is 1. The lowest BCUT2D eigenvalue weighted by Gasteiger charge is -2.33. The fourth-order valence-corrected chi connectivity index (χ4v) is 4.06. The van der Waals surface area contributed by atoms with Gasteiger partial charge < -0.3 is 19.5 Å². The van der Waals surface area contributed by atoms with Gasteiger partial charge in [-0.15, -0.1) is 0 Å². The second-order valence-corrected chi connectivity index (χ2v) is 7.45. The molecule has 2 aromatic heterocycles. The average Bonchev–Trinajstić information content (AvgIpc) is 3.04. The van der Waals surface area contributed by atoms with Crippen molar-refractivity contribution in [1.29, 1.82) is 0 Å². The first kappa shape index (κ1) is 17.3. The summed E-state index contributed by atoms with van der Waals surface area (Å²) in [6.07, 6.45) is 8.23. The van der Waals surface area contributed by atoms with Gasteiger partial charge in [0.15, 0.2) is 0 Å². The molecule has 0 unspecified atom stereocenters. The number of nitrogens with one attached hydrogen (secondary N) is 1. The number of hydrogen-bond acceptors (Lipinski definition) is 5. The molecular weight excluding hydrogens is 330 g/mol. The maximum Gasteiger partial charge on any atom is 0.220 e. The van der Waals surface area contributed by atoms with Crippen LogP contribution in [0.4, 0.5) is 5.82 Å². The van der Waals surface area contributed by atoms with Gasteiger partial charge in [-0.1, -0.05) is 0 Å². The van der Waals surface area contributed by atoms with E-state index in [0.717, 1.165) is 68.8 Å². The van der Waals surface area contributed by atoms with Crippen molar-refractivity contribution in [3.8, 4) is 0 Å². The van der Waals surface area contributed by atoms with Crippen molar-refractivity contribution >= 4 is 22.8 Å². The van der Waals surface area contributed by atoms with E-state index in [1.165, 1.54) is 0 Å². The highest BCUT2D eigenvalue weighted by molar-refractivity contribution is 5.87. The number of ether oxygens (including phenoxy) is 1. The SMILES string of the molecule is Cn1ccc2c(N3CCC(CC(=O)NC4CCOCC4)CC3)ncnc21. The quantitative estimate of drug-likeness (QED) is 0.904. The summed E-state index contributed by atoms with van der Waals surface area (Å²) in [6.45, 7) is 3.40. The molecule has 2 aromatic rings. The molecule has 7 heteroatoms. The van der Waals surface area contributed by atoms with Crippen molar-refractivity contribution < 1.29 is 9.53 Å². The van der Waals surface area contributed by atoms with Gasteiger partial charge in [0.25, 0.3) is 0 Å². The van der Waals surface area contributed by atoms with Crippen LogP contribution in [-0.4, -0.2) is 52.8 Å². The molecule has 26 heavy (non-hydrogen) atoms. The molecule has 2 aliphatic heterocycles. The van der Waals surface area contributed by atoms with Crippen LogP contribution in [0.15, 0.2) is 18.6 Å². The standard InChI is InChI=1S/C19H27N5O2/c1-23-7-4-16-18(23)20-13-21-19(16)24-8-2-14(3-9-24)12-17(25)22-15-5-10-26-11-6-15/h4,7,13-15H,2-3,5-6,8-12H2,1H3,(H,22,25). The minimum Gasteiger partial charge on any atom is -0.381 e. The van der Waals surface area contributed by atoms with Gasteiger partial charge in [-0.3, -0.25) is 4.79 Å². The summed E-state index contributed by atoms with van der Waals surface area (Å²) in [4.78, 5) is 23.5. The number of carbonyl (C=O) groups excluding carboxylic acids is 1. The fraction of sp³-hybridized carbons (Fsp3) is 0.632. The first-order valence-electron chi connectivity index (χ1n) is 9.59. The third-order valence-corrected chi connectivity index (χ3v) is 5.62. The number of aryl methyl sites for hydroxylation is 1. The van der Waals surface area contributed by atoms with Gasteiger partial charge in [-0.25, -0.2) is 9.97 Å². The molecule has 0 atom stereocenters. The zero-order valence-electron chi connectivity index (χ0n) is 15.4. The van der Waals surface area contributed by atoms with Gasteiger partial charge in [-0.2, -0.15) is 0 Å². The monoisotopic (exact) mass is 357 g/mol. The lowest BCUT2D eigenvalue weighted by atomic mass is 9.93. The molecule has 4 heterocycles. The molecule has 2 saturated heterocycles. The fourth-order valence-electron chi connectivity index (χ4n) is 4.06. The van der Waals surface area contributed by atoms with Gasteiger partial charge in [0, 0.05) is 52.0 Å². The number of carbonyl (C=O) groups is 1. The smallest absolute Gasteiger partial charge is 0.220 e. The number of amides is 1. The topological polar surface area (TPSA) is 72.3 Å². The third-order valence-electron chi connectivity index (χ3n) is 5.62. The Morgan fingerprint density at radius 1 is 1.23 bits per heavy atom. The molecule has 0 bridgehead atoms. The Morgan fingerprint density at radius 2 is 2.00 bits per heavy atom. The van der Waals surface area contributed by atoms with Gasteiger partial charge in [0.1, 0.15) is 17.8 Å². The van der Waals surface area contributed by atoms with E-state index >= 15 is 0 Å². The van der Waals surface area contributed by atoms with Gasteiger partial charge in [0.2, 0.25) is 5.91 Å². The lowest BCUT2D eigenvalue weighted by Crippen LogP contribution is -2.41. The first-order chi connectivity index (χ1) is 12.7. The number of fused-ring (bicyclic) bond motifs is 1. The Morgan fingerprint density at radius 3 is 2.77 bits per heavy atom. The number of nitrogens with zero attached hydrogens (tertiary/aromatic N) is 4. The van der Waals surface area contributed by atoms with Crippen LogP contribution in [0.1, 0.15) is 32.1 Å². The van der Waals surface area contributed by atoms with Gasteiger partial charge >= 0.3 is 0 Å². The van der Waals surface area contributed by atoms with Crippen molar-refractivity contribution in [3.63, 3.8) is 0 Å². The van der Waals surface area contributed by atoms with E-state index in [0.29, 0.717) is 18.4 Å². The van der Waals surface area contributed by atoms with Crippen molar-refractivity contribution in [1.82, 2.24) is 19.9 Å². The van der Waals surface area contributed by atoms with E-state index in [9.17, 15) is 4.79 Å². The predicted octanol–water partition coefficient (Wildman–Crippen LogP) is 1.87. The van der Waals surface area contributed by atoms with Crippen LogP contribution in [0.25, 0.3) is 11.0 Å². The number of anilines is 1. The average molecular weight is 357 g/mol. The van der Waals surface area contributed by atoms with E-state index in [4.69, 9.17) is 4.74 Å². The van der Waals surface area contributed by atoms with Crippen molar-refractivity contribution in [2.45, 2.75) is 38.1 Å². The Balaban J connectivity index is 1.31. The van der Waals surface area contributed by atoms with Crippen LogP contribution in [0.3, 0.4) is 0 Å². The molecule has 0 spiro atoms. The molecule has 1 N–H and O–H groups in total. The Bertz CT molecular complexity index is 760. The van der Waals surface area contributed by atoms with Crippen molar-refractivity contribution in [2.75, 3.05) is 31.2 Å². The molecule has 0 aromatic carbocycles. The molecule has 0 saturated carbocycles. The summed E-state index contributed by atoms with van der Waals surface area (Å²) in [7, 11) is 2.00. The van der Waals surface area contributed by atoms with Crippen molar-refractivity contribution in [2.24, 2.45) is 13.0 Å². The van der Waals surface area contributed by atoms with E-state index in [1.54, 1.807) is 6.33 Å². The zero-order chi connectivity index (χ0) is 17.9. The molecule has 140 valence electrons. The van der Waals surface area contributed by atoms with Crippen LogP contribution in [0.2, 0.25) is 0 Å². The van der Waals surface area contributed by atoms with E-state index in [1.807, 2.05) is 17.8 Å². The predicted molar refractivity (Wildman–Crippen MR) is 100 cm³/mol. The Kier molecular flexibility index (Phi) is 5.06. The molecule has 2 fully saturated rings. The van der Waals surface area contributed by atoms with Crippen LogP contribution < -0.4 is 10.2 Å². The Labute approximate surface area is 153 Å². The maximum absolute atomic E-state index is 12.3. The van der Waals surface area contributed by atoms with Crippen LogP contribution in [0, 0.1) is 5.92 Å². The molecule has 2 aliphatic rings. The summed E-state index contributed by atoms with van der Waals surface area (Å²) in [6, 6.07) is 2.38. The summed E-state index contributed by atoms with van der Waals surface area (Å²) in [5.74, 6) is 1.67. The highest BCUT2D eigenvalue weighted by Gasteiger charge is 2.25. The van der Waals surface area contributed by atoms with E-state index < -0.39 is 0 Å². The summed E-state index contributed by atoms with van der Waals surface area (Å²) >= 11 is 0. The van der Waals surface area contributed by atoms with Gasteiger partial charge in [0.05, 0.1) is 5.39 Å². The zero-order valence-corrected chi connectivity index (χ0v) is 15.4. The summed E-state index contributed by atoms with van der Waals surface area (Å²) < 4.78 is 7.37.